The number of esters is 1. The minimum atomic E-state index is -0.627. The minimum absolute atomic E-state index is 0.111. The highest BCUT2D eigenvalue weighted by atomic mass is 16.6. The molecule has 0 bridgehead atoms. The summed E-state index contributed by atoms with van der Waals surface area (Å²) in [6.45, 7) is 7.31. The van der Waals surface area contributed by atoms with Crippen LogP contribution in [0.25, 0.3) is 0 Å². The van der Waals surface area contributed by atoms with Gasteiger partial charge in [0.2, 0.25) is 5.89 Å². The SMILES string of the molecule is CCOC(=O)c1noc(Cc2cccc(NC(=O)OC(C)(C)C)c2)n1. The molecule has 2 aromatic rings. The van der Waals surface area contributed by atoms with Gasteiger partial charge in [0.1, 0.15) is 5.60 Å². The van der Waals surface area contributed by atoms with Gasteiger partial charge in [0.15, 0.2) is 0 Å². The minimum Gasteiger partial charge on any atom is -0.460 e. The normalized spacial score (nSPS) is 11.0. The number of rotatable bonds is 5. The zero-order valence-corrected chi connectivity index (χ0v) is 14.7. The smallest absolute Gasteiger partial charge is 0.412 e. The number of nitrogens with zero attached hydrogens (tertiary/aromatic N) is 2. The van der Waals surface area contributed by atoms with Gasteiger partial charge in [0.05, 0.1) is 13.0 Å². The van der Waals surface area contributed by atoms with Crippen LogP contribution in [0.2, 0.25) is 0 Å². The Morgan fingerprint density at radius 3 is 2.72 bits per heavy atom. The lowest BCUT2D eigenvalue weighted by Crippen LogP contribution is -2.27. The Morgan fingerprint density at radius 2 is 2.04 bits per heavy atom. The number of hydrogen-bond donors (Lipinski definition) is 1. The summed E-state index contributed by atoms with van der Waals surface area (Å²) >= 11 is 0. The van der Waals surface area contributed by atoms with Crippen molar-refractivity contribution in [3.8, 4) is 0 Å². The van der Waals surface area contributed by atoms with Crippen molar-refractivity contribution in [2.24, 2.45) is 0 Å². The molecule has 8 nitrogen and oxygen atoms in total. The lowest BCUT2D eigenvalue weighted by molar-refractivity contribution is 0.0507. The third-order valence-electron chi connectivity index (χ3n) is 2.85. The highest BCUT2D eigenvalue weighted by molar-refractivity contribution is 5.85. The molecule has 1 aromatic carbocycles. The summed E-state index contributed by atoms with van der Waals surface area (Å²) in [5, 5.41) is 6.25. The topological polar surface area (TPSA) is 104 Å². The van der Waals surface area contributed by atoms with Gasteiger partial charge in [-0.25, -0.2) is 9.59 Å². The summed E-state index contributed by atoms with van der Waals surface area (Å²) in [5.41, 5.74) is 0.832. The number of anilines is 1. The summed E-state index contributed by atoms with van der Waals surface area (Å²) in [6, 6.07) is 7.13. The molecule has 2 rings (SSSR count). The quantitative estimate of drug-likeness (QED) is 0.828. The van der Waals surface area contributed by atoms with Crippen LogP contribution in [0.5, 0.6) is 0 Å². The summed E-state index contributed by atoms with van der Waals surface area (Å²) in [7, 11) is 0. The third-order valence-corrected chi connectivity index (χ3v) is 2.85. The molecule has 1 amide bonds. The lowest BCUT2D eigenvalue weighted by atomic mass is 10.1. The van der Waals surface area contributed by atoms with E-state index in [1.54, 1.807) is 45.9 Å². The van der Waals surface area contributed by atoms with Gasteiger partial charge < -0.3 is 14.0 Å². The first-order valence-corrected chi connectivity index (χ1v) is 7.85. The second-order valence-electron chi connectivity index (χ2n) is 6.24. The highest BCUT2D eigenvalue weighted by Gasteiger charge is 2.17. The fourth-order valence-corrected chi connectivity index (χ4v) is 1.96. The summed E-state index contributed by atoms with van der Waals surface area (Å²) in [4.78, 5) is 27.3. The van der Waals surface area contributed by atoms with E-state index in [2.05, 4.69) is 15.5 Å². The first-order chi connectivity index (χ1) is 11.8. The molecule has 0 fully saturated rings. The molecule has 134 valence electrons. The number of amides is 1. The average molecular weight is 347 g/mol. The Balaban J connectivity index is 2.02. The van der Waals surface area contributed by atoms with E-state index in [9.17, 15) is 9.59 Å². The fourth-order valence-electron chi connectivity index (χ4n) is 1.96. The number of aromatic nitrogens is 2. The van der Waals surface area contributed by atoms with Gasteiger partial charge in [-0.05, 0) is 50.5 Å². The van der Waals surface area contributed by atoms with Crippen LogP contribution in [0.3, 0.4) is 0 Å². The predicted octanol–water partition coefficient (Wildman–Crippen LogP) is 3.18. The van der Waals surface area contributed by atoms with E-state index >= 15 is 0 Å². The number of nitrogens with one attached hydrogen (secondary N) is 1. The van der Waals surface area contributed by atoms with Crippen LogP contribution in [0.1, 0.15) is 49.8 Å². The Hall–Kier alpha value is -2.90. The molecular weight excluding hydrogens is 326 g/mol. The first kappa shape index (κ1) is 18.4. The van der Waals surface area contributed by atoms with Crippen LogP contribution in [0.4, 0.5) is 10.5 Å². The van der Waals surface area contributed by atoms with E-state index < -0.39 is 17.7 Å². The molecule has 0 unspecified atom stereocenters. The summed E-state index contributed by atoms with van der Waals surface area (Å²) in [5.74, 6) is -0.463. The van der Waals surface area contributed by atoms with Crippen LogP contribution in [0.15, 0.2) is 28.8 Å². The van der Waals surface area contributed by atoms with E-state index in [0.717, 1.165) is 5.56 Å². The summed E-state index contributed by atoms with van der Waals surface area (Å²) < 4.78 is 15.1. The largest absolute Gasteiger partial charge is 0.460 e. The molecule has 0 spiro atoms. The average Bonchev–Trinajstić information content (AvgIpc) is 2.94. The molecule has 0 aliphatic carbocycles. The monoisotopic (exact) mass is 347 g/mol. The first-order valence-electron chi connectivity index (χ1n) is 7.85. The molecule has 1 N–H and O–H groups in total. The maximum Gasteiger partial charge on any atom is 0.412 e. The Morgan fingerprint density at radius 1 is 1.28 bits per heavy atom. The molecule has 0 radical (unpaired) electrons. The van der Waals surface area contributed by atoms with Crippen molar-refractivity contribution < 1.29 is 23.6 Å². The van der Waals surface area contributed by atoms with E-state index in [0.29, 0.717) is 12.1 Å². The third kappa shape index (κ3) is 5.91. The molecule has 0 saturated carbocycles. The molecule has 0 aliphatic rings. The highest BCUT2D eigenvalue weighted by Crippen LogP contribution is 2.16. The molecule has 25 heavy (non-hydrogen) atoms. The van der Waals surface area contributed by atoms with Crippen LogP contribution < -0.4 is 5.32 Å². The molecule has 1 aromatic heterocycles. The van der Waals surface area contributed by atoms with Gasteiger partial charge in [-0.3, -0.25) is 5.32 Å². The van der Waals surface area contributed by atoms with Gasteiger partial charge in [-0.15, -0.1) is 0 Å². The zero-order chi connectivity index (χ0) is 18.4. The van der Waals surface area contributed by atoms with Crippen molar-refractivity contribution in [1.82, 2.24) is 10.1 Å². The van der Waals surface area contributed by atoms with Crippen molar-refractivity contribution in [1.29, 1.82) is 0 Å². The molecule has 0 aliphatic heterocycles. The Labute approximate surface area is 145 Å². The second kappa shape index (κ2) is 7.78. The van der Waals surface area contributed by atoms with E-state index in [1.165, 1.54) is 0 Å². The van der Waals surface area contributed by atoms with Crippen LogP contribution in [0, 0.1) is 0 Å². The van der Waals surface area contributed by atoms with Gasteiger partial charge in [0, 0.05) is 5.69 Å². The number of carbonyl (C=O) groups is 2. The van der Waals surface area contributed by atoms with Crippen LogP contribution in [-0.2, 0) is 15.9 Å². The maximum atomic E-state index is 11.8. The predicted molar refractivity (Wildman–Crippen MR) is 89.4 cm³/mol. The Kier molecular flexibility index (Phi) is 5.74. The van der Waals surface area contributed by atoms with Crippen LogP contribution >= 0.6 is 0 Å². The zero-order valence-electron chi connectivity index (χ0n) is 14.7. The number of ether oxygens (including phenoxy) is 2. The van der Waals surface area contributed by atoms with E-state index in [-0.39, 0.29) is 18.3 Å². The second-order valence-corrected chi connectivity index (χ2v) is 6.24. The van der Waals surface area contributed by atoms with E-state index in [4.69, 9.17) is 14.0 Å². The lowest BCUT2D eigenvalue weighted by Gasteiger charge is -2.19. The van der Waals surface area contributed by atoms with Crippen molar-refractivity contribution in [2.45, 2.75) is 39.7 Å². The standard InChI is InChI=1S/C17H21N3O5/c1-5-23-15(21)14-19-13(25-20-14)10-11-7-6-8-12(9-11)18-16(22)24-17(2,3)4/h6-9H,5,10H2,1-4H3,(H,18,22). The van der Waals surface area contributed by atoms with E-state index in [1.807, 2.05) is 6.07 Å². The van der Waals surface area contributed by atoms with Gasteiger partial charge >= 0.3 is 12.1 Å². The van der Waals surface area contributed by atoms with Gasteiger partial charge in [-0.1, -0.05) is 12.1 Å². The number of hydrogen-bond acceptors (Lipinski definition) is 7. The van der Waals surface area contributed by atoms with Crippen molar-refractivity contribution in [3.63, 3.8) is 0 Å². The summed E-state index contributed by atoms with van der Waals surface area (Å²) in [6.07, 6.45) is -0.219. The number of benzene rings is 1. The van der Waals surface area contributed by atoms with Gasteiger partial charge in [-0.2, -0.15) is 4.98 Å². The van der Waals surface area contributed by atoms with Crippen molar-refractivity contribution in [2.75, 3.05) is 11.9 Å². The molecular formula is C17H21N3O5. The fraction of sp³-hybridized carbons (Fsp3) is 0.412. The van der Waals surface area contributed by atoms with Crippen molar-refractivity contribution >= 4 is 17.7 Å². The van der Waals surface area contributed by atoms with Crippen molar-refractivity contribution in [3.05, 3.63) is 41.5 Å². The molecule has 8 heteroatoms. The molecule has 1 heterocycles. The molecule has 0 saturated heterocycles. The van der Waals surface area contributed by atoms with Crippen LogP contribution in [-0.4, -0.2) is 34.4 Å². The Bertz CT molecular complexity index is 749. The van der Waals surface area contributed by atoms with Gasteiger partial charge in [0.25, 0.3) is 5.82 Å². The number of carbonyl (C=O) groups excluding carboxylic acids is 2. The maximum absolute atomic E-state index is 11.8. The molecule has 0 atom stereocenters.